The van der Waals surface area contributed by atoms with Crippen LogP contribution < -0.4 is 5.32 Å². The lowest BCUT2D eigenvalue weighted by Crippen LogP contribution is -2.44. The molecule has 0 bridgehead atoms. The number of hydrogen-bond donors (Lipinski definition) is 1. The first-order chi connectivity index (χ1) is 13.3. The lowest BCUT2D eigenvalue weighted by molar-refractivity contribution is 0.0927. The van der Waals surface area contributed by atoms with E-state index in [0.717, 1.165) is 5.56 Å². The summed E-state index contributed by atoms with van der Waals surface area (Å²) in [5, 5.41) is 11.5. The van der Waals surface area contributed by atoms with E-state index in [-0.39, 0.29) is 5.56 Å². The van der Waals surface area contributed by atoms with Crippen molar-refractivity contribution in [3.05, 3.63) is 51.3 Å². The second kappa shape index (κ2) is 8.05. The first kappa shape index (κ1) is 20.5. The fourth-order valence-electron chi connectivity index (χ4n) is 2.98. The number of rotatable bonds is 7. The van der Waals surface area contributed by atoms with Gasteiger partial charge >= 0.3 is 0 Å². The average Bonchev–Trinajstić information content (AvgIpc) is 3.28. The van der Waals surface area contributed by atoms with Crippen LogP contribution in [0.1, 0.15) is 40.9 Å². The predicted molar refractivity (Wildman–Crippen MR) is 102 cm³/mol. The summed E-state index contributed by atoms with van der Waals surface area (Å²) in [7, 11) is 2.88. The summed E-state index contributed by atoms with van der Waals surface area (Å²) in [5.74, 6) is -0.632. The van der Waals surface area contributed by atoms with Gasteiger partial charge in [0.1, 0.15) is 12.8 Å². The van der Waals surface area contributed by atoms with Crippen LogP contribution in [0.4, 0.5) is 8.78 Å². The molecule has 1 amide bonds. The van der Waals surface area contributed by atoms with Crippen molar-refractivity contribution in [3.8, 4) is 0 Å². The van der Waals surface area contributed by atoms with Gasteiger partial charge in [0.05, 0.1) is 16.8 Å². The molecule has 1 aromatic carbocycles. The number of halogens is 4. The van der Waals surface area contributed by atoms with Gasteiger partial charge in [-0.1, -0.05) is 34.4 Å². The van der Waals surface area contributed by atoms with E-state index in [2.05, 4.69) is 15.6 Å². The van der Waals surface area contributed by atoms with Gasteiger partial charge in [0.15, 0.2) is 0 Å². The number of amides is 1. The number of nitrogens with zero attached hydrogens (tertiary/aromatic N) is 3. The standard InChI is InChI=1S/C18H18Cl2F2N4O2/c1-26-9-12(15(24-26)16(21)22)17(27)23-18(5-6-18)14(25-28-2)7-10-3-4-11(19)8-13(10)20/h3-4,8-9,16H,5-7H2,1-2H3,(H,23,27)/b25-14+. The molecule has 150 valence electrons. The van der Waals surface area contributed by atoms with Gasteiger partial charge in [-0.25, -0.2) is 8.78 Å². The van der Waals surface area contributed by atoms with Crippen LogP contribution in [-0.2, 0) is 18.3 Å². The topological polar surface area (TPSA) is 68.5 Å². The van der Waals surface area contributed by atoms with Crippen molar-refractivity contribution < 1.29 is 18.4 Å². The molecular formula is C18H18Cl2F2N4O2. The normalized spacial score (nSPS) is 15.6. The quantitative estimate of drug-likeness (QED) is 0.529. The Morgan fingerprint density at radius 3 is 2.71 bits per heavy atom. The molecule has 0 atom stereocenters. The van der Waals surface area contributed by atoms with Crippen molar-refractivity contribution in [2.75, 3.05) is 7.11 Å². The number of aromatic nitrogens is 2. The molecule has 3 rings (SSSR count). The molecule has 6 nitrogen and oxygen atoms in total. The van der Waals surface area contributed by atoms with Gasteiger partial charge in [-0.15, -0.1) is 0 Å². The summed E-state index contributed by atoms with van der Waals surface area (Å²) in [6, 6.07) is 5.09. The van der Waals surface area contributed by atoms with Crippen LogP contribution in [0.2, 0.25) is 10.0 Å². The molecule has 1 heterocycles. The van der Waals surface area contributed by atoms with Crippen LogP contribution in [0.3, 0.4) is 0 Å². The molecule has 1 aliphatic carbocycles. The van der Waals surface area contributed by atoms with Gasteiger partial charge in [-0.2, -0.15) is 5.10 Å². The fourth-order valence-corrected chi connectivity index (χ4v) is 3.46. The number of alkyl halides is 2. The number of carbonyl (C=O) groups excluding carboxylic acids is 1. The minimum Gasteiger partial charge on any atom is -0.399 e. The summed E-state index contributed by atoms with van der Waals surface area (Å²) >= 11 is 12.2. The highest BCUT2D eigenvalue weighted by Crippen LogP contribution is 2.39. The Kier molecular flexibility index (Phi) is 5.90. The van der Waals surface area contributed by atoms with Crippen LogP contribution in [-0.4, -0.2) is 34.0 Å². The van der Waals surface area contributed by atoms with Crippen molar-refractivity contribution in [1.29, 1.82) is 0 Å². The molecule has 28 heavy (non-hydrogen) atoms. The molecule has 0 saturated heterocycles. The largest absolute Gasteiger partial charge is 0.399 e. The van der Waals surface area contributed by atoms with Gasteiger partial charge < -0.3 is 10.2 Å². The van der Waals surface area contributed by atoms with E-state index in [1.165, 1.54) is 25.0 Å². The first-order valence-corrected chi connectivity index (χ1v) is 9.20. The number of aryl methyl sites for hydroxylation is 1. The summed E-state index contributed by atoms with van der Waals surface area (Å²) < 4.78 is 27.5. The highest BCUT2D eigenvalue weighted by molar-refractivity contribution is 6.35. The second-order valence-corrected chi connectivity index (χ2v) is 7.42. The van der Waals surface area contributed by atoms with Gasteiger partial charge in [-0.3, -0.25) is 9.48 Å². The Morgan fingerprint density at radius 1 is 1.43 bits per heavy atom. The molecule has 1 N–H and O–H groups in total. The smallest absolute Gasteiger partial charge is 0.282 e. The molecule has 0 aliphatic heterocycles. The monoisotopic (exact) mass is 430 g/mol. The first-order valence-electron chi connectivity index (χ1n) is 8.44. The summed E-state index contributed by atoms with van der Waals surface area (Å²) in [6.45, 7) is 0. The van der Waals surface area contributed by atoms with E-state index in [1.54, 1.807) is 18.2 Å². The van der Waals surface area contributed by atoms with E-state index >= 15 is 0 Å². The van der Waals surface area contributed by atoms with Crippen LogP contribution in [0.5, 0.6) is 0 Å². The maximum Gasteiger partial charge on any atom is 0.282 e. The second-order valence-electron chi connectivity index (χ2n) is 6.57. The van der Waals surface area contributed by atoms with Crippen molar-refractivity contribution in [2.24, 2.45) is 12.2 Å². The van der Waals surface area contributed by atoms with E-state index in [4.69, 9.17) is 28.0 Å². The number of oxime groups is 1. The van der Waals surface area contributed by atoms with E-state index in [0.29, 0.717) is 35.0 Å². The van der Waals surface area contributed by atoms with Crippen LogP contribution in [0.25, 0.3) is 0 Å². The minimum absolute atomic E-state index is 0.162. The van der Waals surface area contributed by atoms with E-state index in [1.807, 2.05) is 0 Å². The maximum absolute atomic E-state index is 13.2. The Hall–Kier alpha value is -2.19. The van der Waals surface area contributed by atoms with Gasteiger partial charge in [0, 0.05) is 29.7 Å². The number of carbonyl (C=O) groups is 1. The van der Waals surface area contributed by atoms with E-state index in [9.17, 15) is 13.6 Å². The molecule has 0 unspecified atom stereocenters. The molecule has 1 aliphatic rings. The lowest BCUT2D eigenvalue weighted by atomic mass is 10.0. The Balaban J connectivity index is 1.84. The van der Waals surface area contributed by atoms with Crippen LogP contribution in [0, 0.1) is 0 Å². The number of nitrogens with one attached hydrogen (secondary N) is 1. The number of hydrogen-bond acceptors (Lipinski definition) is 4. The Labute approximate surface area is 170 Å². The third-order valence-electron chi connectivity index (χ3n) is 4.54. The lowest BCUT2D eigenvalue weighted by Gasteiger charge is -2.20. The minimum atomic E-state index is -2.85. The molecule has 0 radical (unpaired) electrons. The molecule has 0 spiro atoms. The molecule has 1 aromatic heterocycles. The summed E-state index contributed by atoms with van der Waals surface area (Å²) in [4.78, 5) is 17.6. The predicted octanol–water partition coefficient (Wildman–Crippen LogP) is 4.17. The third-order valence-corrected chi connectivity index (χ3v) is 5.13. The van der Waals surface area contributed by atoms with Gasteiger partial charge in [0.2, 0.25) is 0 Å². The summed E-state index contributed by atoms with van der Waals surface area (Å²) in [6.07, 6.45) is -0.0426. The summed E-state index contributed by atoms with van der Waals surface area (Å²) in [5.41, 5.74) is -0.176. The maximum atomic E-state index is 13.2. The van der Waals surface area contributed by atoms with Crippen molar-refractivity contribution in [1.82, 2.24) is 15.1 Å². The molecule has 1 saturated carbocycles. The zero-order valence-electron chi connectivity index (χ0n) is 15.2. The van der Waals surface area contributed by atoms with Crippen molar-refractivity contribution in [2.45, 2.75) is 31.2 Å². The molecular weight excluding hydrogens is 413 g/mol. The van der Waals surface area contributed by atoms with Gasteiger partial charge in [-0.05, 0) is 30.5 Å². The van der Waals surface area contributed by atoms with Crippen molar-refractivity contribution >= 4 is 34.8 Å². The molecule has 1 fully saturated rings. The van der Waals surface area contributed by atoms with Gasteiger partial charge in [0.25, 0.3) is 12.3 Å². The zero-order chi connectivity index (χ0) is 20.5. The highest BCUT2D eigenvalue weighted by atomic mass is 35.5. The third kappa shape index (κ3) is 4.28. The van der Waals surface area contributed by atoms with Crippen LogP contribution in [0.15, 0.2) is 29.6 Å². The molecule has 10 heteroatoms. The Morgan fingerprint density at radius 2 is 2.14 bits per heavy atom. The average molecular weight is 431 g/mol. The SMILES string of the molecule is CO/N=C(\Cc1ccc(Cl)cc1Cl)C1(NC(=O)c2cn(C)nc2C(F)F)CC1. The Bertz CT molecular complexity index is 926. The molecule has 2 aromatic rings. The fraction of sp³-hybridized carbons (Fsp3) is 0.389. The zero-order valence-corrected chi connectivity index (χ0v) is 16.7. The van der Waals surface area contributed by atoms with Crippen molar-refractivity contribution in [3.63, 3.8) is 0 Å². The van der Waals surface area contributed by atoms with E-state index < -0.39 is 23.6 Å². The highest BCUT2D eigenvalue weighted by Gasteiger charge is 2.49. The number of benzene rings is 1. The van der Waals surface area contributed by atoms with Crippen LogP contribution >= 0.6 is 23.2 Å².